The van der Waals surface area contributed by atoms with E-state index in [0.717, 1.165) is 44.3 Å². The highest BCUT2D eigenvalue weighted by Gasteiger charge is 2.48. The fourth-order valence-corrected chi connectivity index (χ4v) is 2.65. The summed E-state index contributed by atoms with van der Waals surface area (Å²) in [5.41, 5.74) is 6.62. The van der Waals surface area contributed by atoms with Crippen molar-refractivity contribution in [1.29, 1.82) is 0 Å². The van der Waals surface area contributed by atoms with Crippen LogP contribution in [0.4, 0.5) is 0 Å². The molecule has 3 rings (SSSR count). The molecule has 20 heavy (non-hydrogen) atoms. The summed E-state index contributed by atoms with van der Waals surface area (Å²) in [6, 6.07) is 0.304. The quantitative estimate of drug-likeness (QED) is 0.901. The van der Waals surface area contributed by atoms with E-state index >= 15 is 0 Å². The zero-order chi connectivity index (χ0) is 12.8. The van der Waals surface area contributed by atoms with Crippen molar-refractivity contribution in [1.82, 2.24) is 14.7 Å². The van der Waals surface area contributed by atoms with Crippen LogP contribution in [0.15, 0.2) is 12.4 Å². The van der Waals surface area contributed by atoms with Gasteiger partial charge >= 0.3 is 0 Å². The van der Waals surface area contributed by atoms with Gasteiger partial charge in [-0.05, 0) is 38.2 Å². The van der Waals surface area contributed by atoms with Gasteiger partial charge in [-0.15, -0.1) is 24.8 Å². The molecule has 1 amide bonds. The SMILES string of the molecule is Cc1cnn(C2CCCN(C(=O)C3(N)CC3)C2)c1.Cl.Cl. The van der Waals surface area contributed by atoms with E-state index < -0.39 is 5.54 Å². The largest absolute Gasteiger partial charge is 0.339 e. The molecule has 1 aromatic heterocycles. The van der Waals surface area contributed by atoms with Gasteiger partial charge < -0.3 is 10.6 Å². The lowest BCUT2D eigenvalue weighted by atomic mass is 10.0. The molecule has 0 bridgehead atoms. The van der Waals surface area contributed by atoms with Gasteiger partial charge in [0.1, 0.15) is 0 Å². The number of carbonyl (C=O) groups excluding carboxylic acids is 1. The minimum Gasteiger partial charge on any atom is -0.339 e. The van der Waals surface area contributed by atoms with Crippen molar-refractivity contribution in [2.24, 2.45) is 5.73 Å². The summed E-state index contributed by atoms with van der Waals surface area (Å²) in [5, 5.41) is 4.36. The Balaban J connectivity index is 0.000001000. The summed E-state index contributed by atoms with van der Waals surface area (Å²) in [4.78, 5) is 14.2. The van der Waals surface area contributed by atoms with Gasteiger partial charge in [0.05, 0.1) is 17.8 Å². The number of amides is 1. The van der Waals surface area contributed by atoms with E-state index in [4.69, 9.17) is 5.73 Å². The first-order chi connectivity index (χ1) is 8.58. The van der Waals surface area contributed by atoms with Crippen molar-refractivity contribution < 1.29 is 4.79 Å². The molecule has 0 aromatic carbocycles. The summed E-state index contributed by atoms with van der Waals surface area (Å²) >= 11 is 0. The van der Waals surface area contributed by atoms with Gasteiger partial charge in [0.2, 0.25) is 5.91 Å². The van der Waals surface area contributed by atoms with E-state index in [1.54, 1.807) is 0 Å². The number of carbonyl (C=O) groups is 1. The van der Waals surface area contributed by atoms with E-state index in [0.29, 0.717) is 6.04 Å². The van der Waals surface area contributed by atoms with Crippen LogP contribution in [0.2, 0.25) is 0 Å². The minimum atomic E-state index is -0.540. The second-order valence-electron chi connectivity index (χ2n) is 5.70. The molecule has 2 heterocycles. The molecule has 1 aromatic rings. The van der Waals surface area contributed by atoms with E-state index in [1.165, 1.54) is 0 Å². The van der Waals surface area contributed by atoms with Crippen LogP contribution in [0, 0.1) is 6.92 Å². The van der Waals surface area contributed by atoms with Crippen molar-refractivity contribution in [3.63, 3.8) is 0 Å². The number of likely N-dealkylation sites (tertiary alicyclic amines) is 1. The number of nitrogens with zero attached hydrogens (tertiary/aromatic N) is 3. The van der Waals surface area contributed by atoms with Crippen molar-refractivity contribution in [3.05, 3.63) is 18.0 Å². The van der Waals surface area contributed by atoms with Gasteiger partial charge in [0, 0.05) is 19.3 Å². The van der Waals surface area contributed by atoms with Crippen LogP contribution < -0.4 is 5.73 Å². The molecule has 1 aliphatic carbocycles. The predicted molar refractivity (Wildman–Crippen MR) is 82.5 cm³/mol. The summed E-state index contributed by atoms with van der Waals surface area (Å²) in [5.74, 6) is 0.135. The van der Waals surface area contributed by atoms with Gasteiger partial charge in [-0.2, -0.15) is 5.10 Å². The van der Waals surface area contributed by atoms with Crippen LogP contribution in [-0.4, -0.2) is 39.2 Å². The van der Waals surface area contributed by atoms with Crippen molar-refractivity contribution >= 4 is 30.7 Å². The maximum atomic E-state index is 12.2. The van der Waals surface area contributed by atoms with Crippen LogP contribution in [0.5, 0.6) is 0 Å². The van der Waals surface area contributed by atoms with Crippen molar-refractivity contribution in [2.75, 3.05) is 13.1 Å². The number of halogens is 2. The average Bonchev–Trinajstić information content (AvgIpc) is 2.98. The third-order valence-electron chi connectivity index (χ3n) is 4.00. The number of aromatic nitrogens is 2. The molecule has 1 unspecified atom stereocenters. The Kier molecular flexibility index (Phi) is 5.46. The van der Waals surface area contributed by atoms with E-state index in [1.807, 2.05) is 28.9 Å². The lowest BCUT2D eigenvalue weighted by Gasteiger charge is -2.34. The highest BCUT2D eigenvalue weighted by molar-refractivity contribution is 5.89. The first-order valence-electron chi connectivity index (χ1n) is 6.67. The van der Waals surface area contributed by atoms with Crippen LogP contribution in [0.1, 0.15) is 37.3 Å². The highest BCUT2D eigenvalue weighted by Crippen LogP contribution is 2.35. The summed E-state index contributed by atoms with van der Waals surface area (Å²) in [6.07, 6.45) is 7.72. The second kappa shape index (κ2) is 6.33. The molecule has 2 fully saturated rings. The fourth-order valence-electron chi connectivity index (χ4n) is 2.65. The van der Waals surface area contributed by atoms with Crippen LogP contribution in [0.3, 0.4) is 0 Å². The molecule has 0 radical (unpaired) electrons. The molecule has 114 valence electrons. The molecule has 1 saturated carbocycles. The number of hydrogen-bond acceptors (Lipinski definition) is 3. The Bertz CT molecular complexity index is 473. The molecule has 7 heteroatoms. The third-order valence-corrected chi connectivity index (χ3v) is 4.00. The summed E-state index contributed by atoms with van der Waals surface area (Å²) in [6.45, 7) is 3.63. The topological polar surface area (TPSA) is 64.2 Å². The molecular weight excluding hydrogens is 299 g/mol. The Morgan fingerprint density at radius 1 is 1.45 bits per heavy atom. The standard InChI is InChI=1S/C13H20N4O.2ClH/c1-10-7-15-17(8-10)11-3-2-6-16(9-11)12(18)13(14)4-5-13;;/h7-8,11H,2-6,9,14H2,1H3;2*1H. The molecule has 1 saturated heterocycles. The highest BCUT2D eigenvalue weighted by atomic mass is 35.5. The van der Waals surface area contributed by atoms with Crippen LogP contribution in [0.25, 0.3) is 0 Å². The van der Waals surface area contributed by atoms with Gasteiger partial charge in [0.25, 0.3) is 0 Å². The molecular formula is C13H22Cl2N4O. The lowest BCUT2D eigenvalue weighted by Crippen LogP contribution is -2.49. The Labute approximate surface area is 131 Å². The Morgan fingerprint density at radius 3 is 2.70 bits per heavy atom. The molecule has 1 aliphatic heterocycles. The van der Waals surface area contributed by atoms with E-state index in [2.05, 4.69) is 5.10 Å². The number of rotatable bonds is 2. The van der Waals surface area contributed by atoms with Crippen molar-refractivity contribution in [3.8, 4) is 0 Å². The summed E-state index contributed by atoms with van der Waals surface area (Å²) < 4.78 is 1.99. The van der Waals surface area contributed by atoms with Gasteiger partial charge in [0.15, 0.2) is 0 Å². The normalized spacial score (nSPS) is 23.5. The average molecular weight is 321 g/mol. The molecule has 2 N–H and O–H groups in total. The summed E-state index contributed by atoms with van der Waals surface area (Å²) in [7, 11) is 0. The zero-order valence-electron chi connectivity index (χ0n) is 11.6. The smallest absolute Gasteiger partial charge is 0.242 e. The number of hydrogen-bond donors (Lipinski definition) is 1. The maximum absolute atomic E-state index is 12.2. The molecule has 0 spiro atoms. The van der Waals surface area contributed by atoms with Crippen LogP contribution in [-0.2, 0) is 4.79 Å². The number of nitrogens with two attached hydrogens (primary N) is 1. The number of piperidine rings is 1. The number of aryl methyl sites for hydroxylation is 1. The molecule has 1 atom stereocenters. The minimum absolute atomic E-state index is 0. The maximum Gasteiger partial charge on any atom is 0.242 e. The van der Waals surface area contributed by atoms with Gasteiger partial charge in [-0.1, -0.05) is 0 Å². The van der Waals surface area contributed by atoms with Gasteiger partial charge in [-0.3, -0.25) is 9.48 Å². The Hall–Kier alpha value is -0.780. The lowest BCUT2D eigenvalue weighted by molar-refractivity contribution is -0.135. The monoisotopic (exact) mass is 320 g/mol. The predicted octanol–water partition coefficient (Wildman–Crippen LogP) is 1.69. The van der Waals surface area contributed by atoms with E-state index in [-0.39, 0.29) is 30.7 Å². The van der Waals surface area contributed by atoms with Crippen LogP contribution >= 0.6 is 24.8 Å². The Morgan fingerprint density at radius 2 is 2.15 bits per heavy atom. The van der Waals surface area contributed by atoms with E-state index in [9.17, 15) is 4.79 Å². The van der Waals surface area contributed by atoms with Gasteiger partial charge in [-0.25, -0.2) is 0 Å². The molecule has 5 nitrogen and oxygen atoms in total. The first kappa shape index (κ1) is 17.3. The molecule has 2 aliphatic rings. The van der Waals surface area contributed by atoms with Crippen molar-refractivity contribution in [2.45, 2.75) is 44.2 Å². The first-order valence-corrected chi connectivity index (χ1v) is 6.67. The third kappa shape index (κ3) is 3.27. The second-order valence-corrected chi connectivity index (χ2v) is 5.70. The fraction of sp³-hybridized carbons (Fsp3) is 0.692. The zero-order valence-corrected chi connectivity index (χ0v) is 13.3.